The average Bonchev–Trinajstić information content (AvgIpc) is 3.44. The quantitative estimate of drug-likeness (QED) is 0.279. The van der Waals surface area contributed by atoms with Gasteiger partial charge in [0.1, 0.15) is 28.6 Å². The molecule has 10 rings (SSSR count). The largest absolute Gasteiger partial charge is 0.458 e. The zero-order valence-electron chi connectivity index (χ0n) is 18.3. The van der Waals surface area contributed by atoms with E-state index in [9.17, 15) is 0 Å². The van der Waals surface area contributed by atoms with Gasteiger partial charge in [-0.15, -0.1) is 0 Å². The van der Waals surface area contributed by atoms with Crippen LogP contribution in [0.2, 0.25) is 0 Å². The van der Waals surface area contributed by atoms with Crippen LogP contribution in [0.15, 0.2) is 89.3 Å². The number of ether oxygens (including phenoxy) is 2. The standard InChI is InChI=1S/C30H14BNO3/c1-2-7-20-15(5-1)18-12-11-17-16-13-14-24-27-28(16)32(29(17)30(18)35-20)19-6-3-8-21-25(19)31(27)26-22(33-21)9-4-10-23(26)34-24/h1-14H. The highest BCUT2D eigenvalue weighted by Gasteiger charge is 2.46. The number of aromatic nitrogens is 1. The number of benzene rings is 5. The Kier molecular flexibility index (Phi) is 2.59. The van der Waals surface area contributed by atoms with E-state index in [1.165, 1.54) is 27.2 Å². The molecule has 0 spiro atoms. The Labute approximate surface area is 199 Å². The number of hydrogen-bond acceptors (Lipinski definition) is 3. The van der Waals surface area contributed by atoms with Gasteiger partial charge in [-0.3, -0.25) is 0 Å². The van der Waals surface area contributed by atoms with Gasteiger partial charge in [-0.2, -0.15) is 0 Å². The van der Waals surface area contributed by atoms with Gasteiger partial charge in [-0.1, -0.05) is 36.4 Å². The van der Waals surface area contributed by atoms with Crippen LogP contribution in [0.1, 0.15) is 0 Å². The third-order valence-electron chi connectivity index (χ3n) is 8.05. The van der Waals surface area contributed by atoms with Crippen molar-refractivity contribution in [1.29, 1.82) is 0 Å². The summed E-state index contributed by atoms with van der Waals surface area (Å²) in [5, 5.41) is 4.67. The van der Waals surface area contributed by atoms with E-state index in [1.807, 2.05) is 30.3 Å². The van der Waals surface area contributed by atoms with E-state index < -0.39 is 0 Å². The molecule has 2 aromatic heterocycles. The van der Waals surface area contributed by atoms with E-state index in [1.54, 1.807) is 0 Å². The van der Waals surface area contributed by atoms with Gasteiger partial charge in [0, 0.05) is 32.7 Å². The third-order valence-corrected chi connectivity index (χ3v) is 8.05. The van der Waals surface area contributed by atoms with Crippen LogP contribution in [0.4, 0.5) is 0 Å². The van der Waals surface area contributed by atoms with Crippen molar-refractivity contribution in [3.8, 4) is 28.7 Å². The maximum absolute atomic E-state index is 6.53. The molecule has 0 saturated heterocycles. The molecule has 0 N–H and O–H groups in total. The van der Waals surface area contributed by atoms with E-state index in [4.69, 9.17) is 13.9 Å². The summed E-state index contributed by atoms with van der Waals surface area (Å²) in [5.41, 5.74) is 8.79. The first-order chi connectivity index (χ1) is 17.4. The van der Waals surface area contributed by atoms with Crippen LogP contribution in [0.25, 0.3) is 49.4 Å². The molecular weight excluding hydrogens is 433 g/mol. The maximum Gasteiger partial charge on any atom is 0.266 e. The molecule has 4 nitrogen and oxygen atoms in total. The highest BCUT2D eigenvalue weighted by Crippen LogP contribution is 2.45. The summed E-state index contributed by atoms with van der Waals surface area (Å²) in [5.74, 6) is 3.58. The Morgan fingerprint density at radius 3 is 2.09 bits per heavy atom. The Hall–Kier alpha value is -4.64. The van der Waals surface area contributed by atoms with E-state index in [0.717, 1.165) is 61.6 Å². The Bertz CT molecular complexity index is 2120. The zero-order valence-corrected chi connectivity index (χ0v) is 18.3. The van der Waals surface area contributed by atoms with Gasteiger partial charge in [0.25, 0.3) is 6.71 Å². The molecule has 0 aliphatic carbocycles. The summed E-state index contributed by atoms with van der Waals surface area (Å²) in [6.45, 7) is 0.0802. The fraction of sp³-hybridized carbons (Fsp3) is 0. The van der Waals surface area contributed by atoms with E-state index in [-0.39, 0.29) is 6.71 Å². The average molecular weight is 447 g/mol. The molecule has 3 aliphatic rings. The van der Waals surface area contributed by atoms with Crippen LogP contribution in [0.3, 0.4) is 0 Å². The molecule has 7 aromatic rings. The topological polar surface area (TPSA) is 36.5 Å². The number of hydrogen-bond donors (Lipinski definition) is 0. The van der Waals surface area contributed by atoms with Gasteiger partial charge in [0.15, 0.2) is 5.58 Å². The summed E-state index contributed by atoms with van der Waals surface area (Å²) in [4.78, 5) is 0. The van der Waals surface area contributed by atoms with Gasteiger partial charge in [-0.25, -0.2) is 0 Å². The summed E-state index contributed by atoms with van der Waals surface area (Å²) >= 11 is 0. The second-order valence-electron chi connectivity index (χ2n) is 9.64. The van der Waals surface area contributed by atoms with Crippen LogP contribution < -0.4 is 25.9 Å². The molecule has 0 bridgehead atoms. The number of fused-ring (bicyclic) bond motifs is 8. The smallest absolute Gasteiger partial charge is 0.266 e. The van der Waals surface area contributed by atoms with Crippen molar-refractivity contribution >= 4 is 66.8 Å². The van der Waals surface area contributed by atoms with Crippen molar-refractivity contribution < 1.29 is 13.9 Å². The Balaban J connectivity index is 1.50. The molecule has 0 radical (unpaired) electrons. The molecule has 35 heavy (non-hydrogen) atoms. The highest BCUT2D eigenvalue weighted by atomic mass is 16.5. The minimum Gasteiger partial charge on any atom is -0.458 e. The molecule has 0 atom stereocenters. The molecule has 3 aliphatic heterocycles. The first-order valence-electron chi connectivity index (χ1n) is 11.9. The molecule has 0 unspecified atom stereocenters. The lowest BCUT2D eigenvalue weighted by Gasteiger charge is -2.37. The number of furan rings is 1. The highest BCUT2D eigenvalue weighted by molar-refractivity contribution is 7.00. The number of nitrogens with zero attached hydrogens (tertiary/aromatic N) is 1. The SMILES string of the molecule is c1cc2c3c(c1)Oc1ccc4c5ccc6c7ccccc7oc6c5n5c4c1B3c1c(cccc1-5)O2. The van der Waals surface area contributed by atoms with Crippen molar-refractivity contribution in [2.45, 2.75) is 0 Å². The molecule has 160 valence electrons. The van der Waals surface area contributed by atoms with Crippen molar-refractivity contribution in [3.05, 3.63) is 84.9 Å². The fourth-order valence-electron chi connectivity index (χ4n) is 6.75. The molecule has 5 aromatic carbocycles. The molecule has 5 heterocycles. The van der Waals surface area contributed by atoms with Gasteiger partial charge in [0.05, 0.1) is 11.0 Å². The second-order valence-corrected chi connectivity index (χ2v) is 9.64. The maximum atomic E-state index is 6.53. The summed E-state index contributed by atoms with van der Waals surface area (Å²) in [7, 11) is 0. The predicted octanol–water partition coefficient (Wildman–Crippen LogP) is 5.72. The minimum absolute atomic E-state index is 0.0802. The lowest BCUT2D eigenvalue weighted by atomic mass is 9.33. The van der Waals surface area contributed by atoms with Crippen LogP contribution in [-0.4, -0.2) is 11.3 Å². The Morgan fingerprint density at radius 2 is 1.20 bits per heavy atom. The van der Waals surface area contributed by atoms with E-state index in [0.29, 0.717) is 0 Å². The van der Waals surface area contributed by atoms with Gasteiger partial charge in [0.2, 0.25) is 0 Å². The first-order valence-corrected chi connectivity index (χ1v) is 11.9. The third kappa shape index (κ3) is 1.74. The van der Waals surface area contributed by atoms with E-state index >= 15 is 0 Å². The summed E-state index contributed by atoms with van der Waals surface area (Å²) in [6.07, 6.45) is 0. The molecule has 0 fully saturated rings. The summed E-state index contributed by atoms with van der Waals surface area (Å²) < 4.78 is 21.9. The normalized spacial score (nSPS) is 14.1. The molecular formula is C30H14BNO3. The summed E-state index contributed by atoms with van der Waals surface area (Å²) in [6, 6.07) is 29.5. The van der Waals surface area contributed by atoms with E-state index in [2.05, 4.69) is 59.2 Å². The lowest BCUT2D eigenvalue weighted by molar-refractivity contribution is 0.464. The van der Waals surface area contributed by atoms with Crippen LogP contribution >= 0.6 is 0 Å². The van der Waals surface area contributed by atoms with Crippen LogP contribution in [-0.2, 0) is 0 Å². The van der Waals surface area contributed by atoms with Gasteiger partial charge >= 0.3 is 0 Å². The monoisotopic (exact) mass is 447 g/mol. The number of rotatable bonds is 0. The van der Waals surface area contributed by atoms with Crippen molar-refractivity contribution in [3.63, 3.8) is 0 Å². The second kappa shape index (κ2) is 5.36. The van der Waals surface area contributed by atoms with Crippen molar-refractivity contribution in [2.24, 2.45) is 0 Å². The van der Waals surface area contributed by atoms with Gasteiger partial charge < -0.3 is 18.5 Å². The zero-order chi connectivity index (χ0) is 22.4. The van der Waals surface area contributed by atoms with Crippen molar-refractivity contribution in [1.82, 2.24) is 4.57 Å². The lowest BCUT2D eigenvalue weighted by Crippen LogP contribution is -2.60. The van der Waals surface area contributed by atoms with Crippen molar-refractivity contribution in [2.75, 3.05) is 0 Å². The molecule has 0 saturated carbocycles. The predicted molar refractivity (Wildman–Crippen MR) is 139 cm³/mol. The van der Waals surface area contributed by atoms with Crippen LogP contribution in [0.5, 0.6) is 23.0 Å². The minimum atomic E-state index is 0.0802. The fourth-order valence-corrected chi connectivity index (χ4v) is 6.75. The molecule has 0 amide bonds. The number of para-hydroxylation sites is 1. The van der Waals surface area contributed by atoms with Crippen LogP contribution in [0, 0.1) is 0 Å². The van der Waals surface area contributed by atoms with Gasteiger partial charge in [-0.05, 0) is 59.5 Å². The first kappa shape index (κ1) is 16.9. The molecule has 5 heteroatoms. The Morgan fingerprint density at radius 1 is 0.514 bits per heavy atom.